The summed E-state index contributed by atoms with van der Waals surface area (Å²) in [6.07, 6.45) is 10.1. The van der Waals surface area contributed by atoms with Gasteiger partial charge in [-0.15, -0.1) is 0 Å². The first-order valence-electron chi connectivity index (χ1n) is 17.5. The number of carbonyl (C=O) groups is 4. The van der Waals surface area contributed by atoms with Crippen molar-refractivity contribution in [2.75, 3.05) is 23.7 Å². The maximum Gasteiger partial charge on any atom is 0.273 e. The monoisotopic (exact) mass is 669 g/mol. The smallest absolute Gasteiger partial charge is 0.273 e. The summed E-state index contributed by atoms with van der Waals surface area (Å²) in [4.78, 5) is 60.4. The summed E-state index contributed by atoms with van der Waals surface area (Å²) >= 11 is 0. The molecule has 2 saturated heterocycles. The Morgan fingerprint density at radius 2 is 1.20 bits per heavy atom. The largest absolute Gasteiger partial charge is 0.327 e. The molecule has 0 saturated carbocycles. The molecule has 9 nitrogen and oxygen atoms in total. The van der Waals surface area contributed by atoms with E-state index in [4.69, 9.17) is 0 Å². The van der Waals surface area contributed by atoms with Crippen LogP contribution < -0.4 is 10.6 Å². The van der Waals surface area contributed by atoms with Crippen molar-refractivity contribution in [2.45, 2.75) is 64.5 Å². The minimum Gasteiger partial charge on any atom is -0.327 e. The van der Waals surface area contributed by atoms with Crippen molar-refractivity contribution in [3.8, 4) is 0 Å². The van der Waals surface area contributed by atoms with Gasteiger partial charge >= 0.3 is 0 Å². The van der Waals surface area contributed by atoms with Gasteiger partial charge in [0.15, 0.2) is 0 Å². The van der Waals surface area contributed by atoms with E-state index < -0.39 is 12.1 Å². The Morgan fingerprint density at radius 3 is 1.74 bits per heavy atom. The van der Waals surface area contributed by atoms with Gasteiger partial charge in [-0.2, -0.15) is 0 Å². The summed E-state index contributed by atoms with van der Waals surface area (Å²) in [5, 5.41) is 5.96. The van der Waals surface area contributed by atoms with Crippen molar-refractivity contribution in [2.24, 2.45) is 0 Å². The third-order valence-corrected chi connectivity index (χ3v) is 9.49. The lowest BCUT2D eigenvalue weighted by molar-refractivity contribution is -0.120. The fraction of sp³-hybridized carbons (Fsp3) is 0.293. The minimum atomic E-state index is -0.537. The van der Waals surface area contributed by atoms with E-state index in [1.807, 2.05) is 97.9 Å². The molecular weight excluding hydrogens is 626 g/mol. The number of likely N-dealkylation sites (tertiary alicyclic amines) is 2. The van der Waals surface area contributed by atoms with E-state index in [1.54, 1.807) is 22.1 Å². The van der Waals surface area contributed by atoms with Crippen molar-refractivity contribution in [1.82, 2.24) is 14.8 Å². The third-order valence-electron chi connectivity index (χ3n) is 9.49. The Bertz CT molecular complexity index is 1750. The highest BCUT2D eigenvalue weighted by Crippen LogP contribution is 2.24. The first kappa shape index (κ1) is 34.3. The highest BCUT2D eigenvalue weighted by molar-refractivity contribution is 6.02. The van der Waals surface area contributed by atoms with E-state index in [9.17, 15) is 19.2 Å². The van der Waals surface area contributed by atoms with Crippen molar-refractivity contribution >= 4 is 47.2 Å². The van der Waals surface area contributed by atoms with E-state index in [2.05, 4.69) is 22.5 Å². The van der Waals surface area contributed by atoms with Gasteiger partial charge in [0.25, 0.3) is 11.8 Å². The summed E-state index contributed by atoms with van der Waals surface area (Å²) in [5.41, 5.74) is 6.37. The lowest BCUT2D eigenvalue weighted by Gasteiger charge is -2.24. The number of hydrogen-bond donors (Lipinski definition) is 2. The third kappa shape index (κ3) is 8.00. The Labute approximate surface area is 293 Å². The number of nitrogens with one attached hydrogen (secondary N) is 2. The van der Waals surface area contributed by atoms with Crippen molar-refractivity contribution < 1.29 is 19.2 Å². The lowest BCUT2D eigenvalue weighted by atomic mass is 10.1. The van der Waals surface area contributed by atoms with E-state index in [0.29, 0.717) is 48.6 Å². The molecule has 3 aromatic carbocycles. The van der Waals surface area contributed by atoms with Gasteiger partial charge in [0.05, 0.1) is 0 Å². The number of amides is 4. The molecule has 6 rings (SSSR count). The molecule has 0 aliphatic carbocycles. The zero-order valence-corrected chi connectivity index (χ0v) is 28.6. The minimum absolute atomic E-state index is 0.104. The van der Waals surface area contributed by atoms with Crippen LogP contribution in [0.25, 0.3) is 12.2 Å². The zero-order valence-electron chi connectivity index (χ0n) is 28.6. The van der Waals surface area contributed by atoms with Crippen LogP contribution in [0.2, 0.25) is 0 Å². The van der Waals surface area contributed by atoms with Crippen LogP contribution >= 0.6 is 0 Å². The molecule has 4 aromatic rings. The number of anilines is 2. The highest BCUT2D eigenvalue weighted by Gasteiger charge is 2.36. The summed E-state index contributed by atoms with van der Waals surface area (Å²) in [6, 6.07) is 25.4. The molecule has 9 heteroatoms. The molecule has 4 amide bonds. The van der Waals surface area contributed by atoms with Gasteiger partial charge in [0.2, 0.25) is 11.8 Å². The Kier molecular flexibility index (Phi) is 10.8. The molecule has 2 atom stereocenters. The quantitative estimate of drug-likeness (QED) is 0.179. The van der Waals surface area contributed by atoms with Crippen LogP contribution in [0.4, 0.5) is 11.4 Å². The molecule has 0 radical (unpaired) electrons. The van der Waals surface area contributed by atoms with Crippen LogP contribution in [0.5, 0.6) is 0 Å². The van der Waals surface area contributed by atoms with Gasteiger partial charge in [-0.3, -0.25) is 24.2 Å². The molecule has 2 aliphatic heterocycles. The summed E-state index contributed by atoms with van der Waals surface area (Å²) in [5.74, 6) is -0.696. The van der Waals surface area contributed by atoms with Crippen LogP contribution in [0, 0.1) is 0 Å². The van der Waals surface area contributed by atoms with Crippen LogP contribution in [0.3, 0.4) is 0 Å². The normalized spacial score (nSPS) is 17.2. The van der Waals surface area contributed by atoms with Gasteiger partial charge in [-0.25, -0.2) is 0 Å². The van der Waals surface area contributed by atoms with Gasteiger partial charge in [0.1, 0.15) is 17.8 Å². The number of carbonyl (C=O) groups excluding carboxylic acids is 4. The van der Waals surface area contributed by atoms with Gasteiger partial charge < -0.3 is 20.4 Å². The summed E-state index contributed by atoms with van der Waals surface area (Å²) in [6.45, 7) is 5.18. The Hall–Kier alpha value is -5.57. The van der Waals surface area contributed by atoms with Gasteiger partial charge in [-0.1, -0.05) is 62.4 Å². The standard InChI is InChI=1S/C41H43N5O4/c1-3-28-8-5-9-32(26-28)40(49)45-24-6-10-36(45)38(47)43-33-18-14-30(15-19-33)12-13-31-16-20-34(21-17-31)44-39(48)37-11-7-25-46(37)41(50)35-27-29(4-2)22-23-42-35/h5,8-9,12-23,26-27,36-37H,3-4,6-7,10-11,24-25H2,1-2H3,(H,43,47)(H,44,48)/t36-,37-/m0/s1. The SMILES string of the molecule is CCc1cccc(C(=O)N2CCC[C@H]2C(=O)Nc2ccc(C=Cc3ccc(NC(=O)[C@@H]4CCCN4C(=O)c4cc(CC)ccn4)cc3)cc2)c1. The van der Waals surface area contributed by atoms with Crippen molar-refractivity contribution in [3.63, 3.8) is 0 Å². The molecule has 2 fully saturated rings. The first-order chi connectivity index (χ1) is 24.3. The van der Waals surface area contributed by atoms with E-state index in [1.165, 1.54) is 0 Å². The fourth-order valence-corrected chi connectivity index (χ4v) is 6.61. The number of pyridine rings is 1. The Balaban J connectivity index is 1.01. The average molecular weight is 670 g/mol. The second-order valence-electron chi connectivity index (χ2n) is 12.8. The van der Waals surface area contributed by atoms with Crippen LogP contribution in [-0.2, 0) is 22.4 Å². The molecule has 1 aromatic heterocycles. The number of rotatable bonds is 10. The molecule has 256 valence electrons. The molecule has 2 aliphatic rings. The molecular formula is C41H43N5O4. The number of aryl methyl sites for hydroxylation is 2. The predicted octanol–water partition coefficient (Wildman–Crippen LogP) is 6.86. The molecule has 0 unspecified atom stereocenters. The van der Waals surface area contributed by atoms with E-state index in [-0.39, 0.29) is 23.6 Å². The number of nitrogens with zero attached hydrogens (tertiary/aromatic N) is 3. The van der Waals surface area contributed by atoms with Gasteiger partial charge in [-0.05, 0) is 109 Å². The van der Waals surface area contributed by atoms with Crippen molar-refractivity contribution in [3.05, 3.63) is 125 Å². The molecule has 3 heterocycles. The average Bonchev–Trinajstić information content (AvgIpc) is 3.86. The Morgan fingerprint density at radius 1 is 0.680 bits per heavy atom. The second kappa shape index (κ2) is 15.8. The zero-order chi connectivity index (χ0) is 35.0. The maximum absolute atomic E-state index is 13.2. The summed E-state index contributed by atoms with van der Waals surface area (Å²) < 4.78 is 0. The second-order valence-corrected chi connectivity index (χ2v) is 12.8. The van der Waals surface area contributed by atoms with E-state index in [0.717, 1.165) is 47.9 Å². The fourth-order valence-electron chi connectivity index (χ4n) is 6.61. The molecule has 50 heavy (non-hydrogen) atoms. The topological polar surface area (TPSA) is 112 Å². The van der Waals surface area contributed by atoms with Crippen LogP contribution in [0.1, 0.15) is 82.6 Å². The number of hydrogen-bond acceptors (Lipinski definition) is 5. The van der Waals surface area contributed by atoms with Crippen LogP contribution in [0.15, 0.2) is 91.1 Å². The van der Waals surface area contributed by atoms with E-state index >= 15 is 0 Å². The highest BCUT2D eigenvalue weighted by atomic mass is 16.2. The maximum atomic E-state index is 13.2. The first-order valence-corrected chi connectivity index (χ1v) is 17.5. The van der Waals surface area contributed by atoms with Crippen molar-refractivity contribution in [1.29, 1.82) is 0 Å². The summed E-state index contributed by atoms with van der Waals surface area (Å²) in [7, 11) is 0. The number of aromatic nitrogens is 1. The molecule has 0 spiro atoms. The predicted molar refractivity (Wildman–Crippen MR) is 197 cm³/mol. The van der Waals surface area contributed by atoms with Crippen LogP contribution in [-0.4, -0.2) is 63.6 Å². The number of benzene rings is 3. The lowest BCUT2D eigenvalue weighted by Crippen LogP contribution is -2.43. The van der Waals surface area contributed by atoms with Gasteiger partial charge in [0, 0.05) is 36.2 Å². The molecule has 2 N–H and O–H groups in total. The molecule has 0 bridgehead atoms.